The molecule has 23 heavy (non-hydrogen) atoms. The molecule has 1 aliphatic rings. The van der Waals surface area contributed by atoms with E-state index in [1.807, 2.05) is 19.2 Å². The zero-order chi connectivity index (χ0) is 16.7. The van der Waals surface area contributed by atoms with Crippen LogP contribution in [0.4, 0.5) is 4.79 Å². The standard InChI is InChI=1S/C17H26N2O3S/c1-19(15-9-12-23(21)13-10-15)17(20)18-11-3-4-14-5-7-16(22-2)8-6-14/h5-8,15H,3-4,9-13H2,1-2H3,(H,18,20). The third-order valence-corrected chi connectivity index (χ3v) is 5.69. The van der Waals surface area contributed by atoms with Crippen molar-refractivity contribution in [2.75, 3.05) is 32.2 Å². The molecule has 1 aromatic carbocycles. The Bertz CT molecular complexity index is 523. The fraction of sp³-hybridized carbons (Fsp3) is 0.588. The highest BCUT2D eigenvalue weighted by Gasteiger charge is 2.24. The van der Waals surface area contributed by atoms with Crippen molar-refractivity contribution in [2.45, 2.75) is 31.7 Å². The van der Waals surface area contributed by atoms with Crippen molar-refractivity contribution < 1.29 is 13.7 Å². The summed E-state index contributed by atoms with van der Waals surface area (Å²) >= 11 is 0. The van der Waals surface area contributed by atoms with E-state index in [0.717, 1.165) is 31.4 Å². The van der Waals surface area contributed by atoms with E-state index in [1.165, 1.54) is 5.56 Å². The maximum absolute atomic E-state index is 12.1. The Kier molecular flexibility index (Phi) is 6.89. The van der Waals surface area contributed by atoms with E-state index < -0.39 is 10.8 Å². The fourth-order valence-corrected chi connectivity index (χ4v) is 4.01. The van der Waals surface area contributed by atoms with E-state index in [0.29, 0.717) is 18.1 Å². The molecule has 6 heteroatoms. The number of nitrogens with zero attached hydrogens (tertiary/aromatic N) is 1. The van der Waals surface area contributed by atoms with E-state index in [4.69, 9.17) is 4.74 Å². The quantitative estimate of drug-likeness (QED) is 0.809. The van der Waals surface area contributed by atoms with Crippen molar-refractivity contribution in [3.63, 3.8) is 0 Å². The Morgan fingerprint density at radius 1 is 1.30 bits per heavy atom. The maximum atomic E-state index is 12.1. The second-order valence-corrected chi connectivity index (χ2v) is 7.57. The number of rotatable bonds is 6. The molecule has 0 atom stereocenters. The monoisotopic (exact) mass is 338 g/mol. The lowest BCUT2D eigenvalue weighted by molar-refractivity contribution is 0.186. The van der Waals surface area contributed by atoms with E-state index >= 15 is 0 Å². The molecule has 1 aromatic rings. The number of aryl methyl sites for hydroxylation is 1. The Morgan fingerprint density at radius 3 is 2.57 bits per heavy atom. The lowest BCUT2D eigenvalue weighted by Crippen LogP contribution is -2.46. The molecule has 1 N–H and O–H groups in total. The summed E-state index contributed by atoms with van der Waals surface area (Å²) in [6, 6.07) is 8.19. The van der Waals surface area contributed by atoms with Gasteiger partial charge in [0.05, 0.1) is 7.11 Å². The van der Waals surface area contributed by atoms with Gasteiger partial charge < -0.3 is 15.0 Å². The van der Waals surface area contributed by atoms with Gasteiger partial charge in [-0.25, -0.2) is 4.79 Å². The summed E-state index contributed by atoms with van der Waals surface area (Å²) in [6.07, 6.45) is 3.50. The van der Waals surface area contributed by atoms with Gasteiger partial charge in [0.25, 0.3) is 0 Å². The average Bonchev–Trinajstić information content (AvgIpc) is 2.59. The van der Waals surface area contributed by atoms with Crippen LogP contribution in [0.2, 0.25) is 0 Å². The zero-order valence-corrected chi connectivity index (χ0v) is 14.7. The van der Waals surface area contributed by atoms with Crippen molar-refractivity contribution in [1.82, 2.24) is 10.2 Å². The van der Waals surface area contributed by atoms with Gasteiger partial charge in [-0.3, -0.25) is 4.21 Å². The summed E-state index contributed by atoms with van der Waals surface area (Å²) in [6.45, 7) is 0.661. The Balaban J connectivity index is 1.66. The molecule has 5 nitrogen and oxygen atoms in total. The number of nitrogens with one attached hydrogen (secondary N) is 1. The Hall–Kier alpha value is -1.56. The van der Waals surface area contributed by atoms with Gasteiger partial charge in [0.1, 0.15) is 5.75 Å². The molecule has 128 valence electrons. The van der Waals surface area contributed by atoms with Crippen molar-refractivity contribution in [3.8, 4) is 5.75 Å². The summed E-state index contributed by atoms with van der Waals surface area (Å²) in [5.41, 5.74) is 1.24. The summed E-state index contributed by atoms with van der Waals surface area (Å²) in [5, 5.41) is 2.97. The number of hydrogen-bond donors (Lipinski definition) is 1. The van der Waals surface area contributed by atoms with E-state index in [9.17, 15) is 9.00 Å². The molecular weight excluding hydrogens is 312 g/mol. The van der Waals surface area contributed by atoms with Crippen LogP contribution >= 0.6 is 0 Å². The second-order valence-electron chi connectivity index (χ2n) is 5.87. The van der Waals surface area contributed by atoms with Crippen LogP contribution in [0.25, 0.3) is 0 Å². The van der Waals surface area contributed by atoms with Gasteiger partial charge in [0.15, 0.2) is 0 Å². The van der Waals surface area contributed by atoms with E-state index in [2.05, 4.69) is 17.4 Å². The lowest BCUT2D eigenvalue weighted by Gasteiger charge is -2.30. The van der Waals surface area contributed by atoms with Crippen molar-refractivity contribution in [1.29, 1.82) is 0 Å². The molecule has 0 saturated carbocycles. The molecule has 0 spiro atoms. The van der Waals surface area contributed by atoms with Gasteiger partial charge in [-0.15, -0.1) is 0 Å². The second kappa shape index (κ2) is 8.91. The molecule has 0 radical (unpaired) electrons. The number of ether oxygens (including phenoxy) is 1. The van der Waals surface area contributed by atoms with Crippen LogP contribution < -0.4 is 10.1 Å². The summed E-state index contributed by atoms with van der Waals surface area (Å²) < 4.78 is 16.5. The molecule has 1 heterocycles. The number of benzene rings is 1. The zero-order valence-electron chi connectivity index (χ0n) is 13.9. The van der Waals surface area contributed by atoms with Crippen LogP contribution in [0, 0.1) is 0 Å². The first-order valence-electron chi connectivity index (χ1n) is 8.08. The molecule has 0 aromatic heterocycles. The minimum atomic E-state index is -0.688. The number of carbonyl (C=O) groups excluding carboxylic acids is 1. The van der Waals surface area contributed by atoms with Crippen LogP contribution in [-0.2, 0) is 17.2 Å². The predicted octanol–water partition coefficient (Wildman–Crippen LogP) is 2.18. The Morgan fingerprint density at radius 2 is 1.96 bits per heavy atom. The highest BCUT2D eigenvalue weighted by Crippen LogP contribution is 2.15. The molecule has 2 rings (SSSR count). The number of carbonyl (C=O) groups is 1. The van der Waals surface area contributed by atoms with Crippen LogP contribution in [0.5, 0.6) is 5.75 Å². The van der Waals surface area contributed by atoms with E-state index in [1.54, 1.807) is 12.0 Å². The molecule has 0 bridgehead atoms. The number of methoxy groups -OCH3 is 1. The molecule has 1 fully saturated rings. The lowest BCUT2D eigenvalue weighted by atomic mass is 10.1. The molecule has 1 aliphatic heterocycles. The largest absolute Gasteiger partial charge is 0.497 e. The number of amides is 2. The summed E-state index contributed by atoms with van der Waals surface area (Å²) in [5.74, 6) is 2.27. The first-order chi connectivity index (χ1) is 11.1. The van der Waals surface area contributed by atoms with Crippen molar-refractivity contribution in [2.24, 2.45) is 0 Å². The highest BCUT2D eigenvalue weighted by atomic mass is 32.2. The first kappa shape index (κ1) is 17.8. The van der Waals surface area contributed by atoms with Gasteiger partial charge in [-0.05, 0) is 43.4 Å². The van der Waals surface area contributed by atoms with Gasteiger partial charge in [0, 0.05) is 41.9 Å². The number of urea groups is 1. The third-order valence-electron chi connectivity index (χ3n) is 4.30. The van der Waals surface area contributed by atoms with Gasteiger partial charge in [-0.2, -0.15) is 0 Å². The van der Waals surface area contributed by atoms with Crippen LogP contribution in [0.3, 0.4) is 0 Å². The smallest absolute Gasteiger partial charge is 0.317 e. The highest BCUT2D eigenvalue weighted by molar-refractivity contribution is 7.85. The molecule has 1 saturated heterocycles. The summed E-state index contributed by atoms with van der Waals surface area (Å²) in [7, 11) is 2.80. The topological polar surface area (TPSA) is 58.6 Å². The summed E-state index contributed by atoms with van der Waals surface area (Å²) in [4.78, 5) is 13.9. The van der Waals surface area contributed by atoms with Crippen LogP contribution in [0.15, 0.2) is 24.3 Å². The normalized spacial score (nSPS) is 20.8. The number of hydrogen-bond acceptors (Lipinski definition) is 3. The van der Waals surface area contributed by atoms with Gasteiger partial charge in [-0.1, -0.05) is 12.1 Å². The molecule has 0 unspecified atom stereocenters. The molecule has 0 aliphatic carbocycles. The van der Waals surface area contributed by atoms with Crippen LogP contribution in [-0.4, -0.2) is 53.4 Å². The average molecular weight is 338 g/mol. The third kappa shape index (κ3) is 5.53. The van der Waals surface area contributed by atoms with E-state index in [-0.39, 0.29) is 12.1 Å². The van der Waals surface area contributed by atoms with Gasteiger partial charge >= 0.3 is 6.03 Å². The molecular formula is C17H26N2O3S. The predicted molar refractivity (Wildman–Crippen MR) is 93.4 cm³/mol. The fourth-order valence-electron chi connectivity index (χ4n) is 2.74. The molecule has 2 amide bonds. The SMILES string of the molecule is COc1ccc(CCCNC(=O)N(C)C2CCS(=O)CC2)cc1. The minimum absolute atomic E-state index is 0.0302. The van der Waals surface area contributed by atoms with Crippen molar-refractivity contribution in [3.05, 3.63) is 29.8 Å². The minimum Gasteiger partial charge on any atom is -0.497 e. The van der Waals surface area contributed by atoms with Crippen molar-refractivity contribution >= 4 is 16.8 Å². The van der Waals surface area contributed by atoms with Crippen LogP contribution in [0.1, 0.15) is 24.8 Å². The maximum Gasteiger partial charge on any atom is 0.317 e. The first-order valence-corrected chi connectivity index (χ1v) is 9.57. The Labute approximate surface area is 140 Å². The van der Waals surface area contributed by atoms with Gasteiger partial charge in [0.2, 0.25) is 0 Å².